The fourth-order valence-corrected chi connectivity index (χ4v) is 1.81. The summed E-state index contributed by atoms with van der Waals surface area (Å²) in [5.41, 5.74) is 1.04. The molecule has 0 aliphatic heterocycles. The molecule has 0 radical (unpaired) electrons. The van der Waals surface area contributed by atoms with Crippen LogP contribution in [0.15, 0.2) is 46.9 Å². The summed E-state index contributed by atoms with van der Waals surface area (Å²) < 4.78 is 5.29. The van der Waals surface area contributed by atoms with Crippen LogP contribution in [0.1, 0.15) is 23.0 Å². The molecule has 5 nitrogen and oxygen atoms in total. The molecule has 5 heteroatoms. The van der Waals surface area contributed by atoms with Crippen molar-refractivity contribution in [3.05, 3.63) is 53.8 Å². The van der Waals surface area contributed by atoms with Gasteiger partial charge >= 0.3 is 0 Å². The molecule has 2 amide bonds. The molecule has 0 bridgehead atoms. The molecule has 20 heavy (non-hydrogen) atoms. The second-order valence-corrected chi connectivity index (χ2v) is 4.49. The number of hydrogen-bond donors (Lipinski definition) is 1. The van der Waals surface area contributed by atoms with Crippen molar-refractivity contribution in [2.45, 2.75) is 13.5 Å². The summed E-state index contributed by atoms with van der Waals surface area (Å²) in [4.78, 5) is 24.6. The maximum Gasteiger partial charge on any atom is 0.289 e. The first-order chi connectivity index (χ1) is 9.56. The summed E-state index contributed by atoms with van der Waals surface area (Å²) in [5.74, 6) is 0.00239. The molecule has 1 aromatic heterocycles. The Morgan fingerprint density at radius 1 is 1.15 bits per heavy atom. The predicted molar refractivity (Wildman–Crippen MR) is 75.3 cm³/mol. The van der Waals surface area contributed by atoms with Gasteiger partial charge in [0.1, 0.15) is 0 Å². The van der Waals surface area contributed by atoms with Crippen molar-refractivity contribution >= 4 is 17.7 Å². The molecule has 0 aliphatic rings. The van der Waals surface area contributed by atoms with E-state index in [-0.39, 0.29) is 23.5 Å². The van der Waals surface area contributed by atoms with Crippen molar-refractivity contribution in [3.63, 3.8) is 0 Å². The minimum absolute atomic E-state index is 0.201. The molecule has 0 aliphatic carbocycles. The van der Waals surface area contributed by atoms with Crippen LogP contribution in [0, 0.1) is 0 Å². The van der Waals surface area contributed by atoms with E-state index in [0.717, 1.165) is 5.56 Å². The van der Waals surface area contributed by atoms with Crippen molar-refractivity contribution in [2.24, 2.45) is 0 Å². The van der Waals surface area contributed by atoms with Crippen LogP contribution in [0.25, 0.3) is 0 Å². The van der Waals surface area contributed by atoms with E-state index in [1.807, 2.05) is 30.3 Å². The number of nitrogens with zero attached hydrogens (tertiary/aromatic N) is 1. The highest BCUT2D eigenvalue weighted by molar-refractivity contribution is 5.93. The molecule has 0 fully saturated rings. The Morgan fingerprint density at radius 2 is 1.85 bits per heavy atom. The Bertz CT molecular complexity index is 605. The zero-order chi connectivity index (χ0) is 14.5. The second kappa shape index (κ2) is 6.06. The second-order valence-electron chi connectivity index (χ2n) is 4.49. The molecule has 0 unspecified atom stereocenters. The van der Waals surface area contributed by atoms with Gasteiger partial charge in [0.25, 0.3) is 5.91 Å². The van der Waals surface area contributed by atoms with E-state index in [2.05, 4.69) is 5.32 Å². The molecular formula is C15H16N2O3. The smallest absolute Gasteiger partial charge is 0.289 e. The number of nitrogens with one attached hydrogen (secondary N) is 1. The molecule has 0 saturated heterocycles. The van der Waals surface area contributed by atoms with Gasteiger partial charge < -0.3 is 9.32 Å². The summed E-state index contributed by atoms with van der Waals surface area (Å²) in [6.45, 7) is 1.88. The van der Waals surface area contributed by atoms with E-state index >= 15 is 0 Å². The van der Waals surface area contributed by atoms with Crippen molar-refractivity contribution in [2.75, 3.05) is 12.4 Å². The molecule has 0 atom stereocenters. The van der Waals surface area contributed by atoms with Gasteiger partial charge in [-0.1, -0.05) is 30.3 Å². The molecular weight excluding hydrogens is 256 g/mol. The normalized spacial score (nSPS) is 10.1. The van der Waals surface area contributed by atoms with Gasteiger partial charge in [0.2, 0.25) is 5.91 Å². The standard InChI is InChI=1S/C15H16N2O3/c1-11(18)16-14-9-8-13(20-14)15(19)17(2)10-12-6-4-3-5-7-12/h3-9H,10H2,1-2H3,(H,16,18). The van der Waals surface area contributed by atoms with Crippen molar-refractivity contribution < 1.29 is 14.0 Å². The highest BCUT2D eigenvalue weighted by Crippen LogP contribution is 2.15. The third-order valence-electron chi connectivity index (χ3n) is 2.73. The Morgan fingerprint density at radius 3 is 2.50 bits per heavy atom. The van der Waals surface area contributed by atoms with E-state index in [4.69, 9.17) is 4.42 Å². The lowest BCUT2D eigenvalue weighted by Gasteiger charge is -2.15. The molecule has 0 saturated carbocycles. The lowest BCUT2D eigenvalue weighted by Crippen LogP contribution is -2.25. The van der Waals surface area contributed by atoms with Gasteiger partial charge in [-0.3, -0.25) is 14.9 Å². The van der Waals surface area contributed by atoms with E-state index in [1.54, 1.807) is 24.1 Å². The molecule has 2 rings (SSSR count). The van der Waals surface area contributed by atoms with Crippen LogP contribution in [0.4, 0.5) is 5.88 Å². The molecule has 2 aromatic rings. The average Bonchev–Trinajstić information content (AvgIpc) is 2.86. The van der Waals surface area contributed by atoms with Crippen molar-refractivity contribution in [1.82, 2.24) is 4.90 Å². The van der Waals surface area contributed by atoms with Gasteiger partial charge in [-0.05, 0) is 11.6 Å². The van der Waals surface area contributed by atoms with Gasteiger partial charge in [0.05, 0.1) is 0 Å². The van der Waals surface area contributed by atoms with E-state index < -0.39 is 0 Å². The Balaban J connectivity index is 2.03. The highest BCUT2D eigenvalue weighted by atomic mass is 16.4. The van der Waals surface area contributed by atoms with Crippen LogP contribution < -0.4 is 5.32 Å². The Kier molecular flexibility index (Phi) is 4.20. The monoisotopic (exact) mass is 272 g/mol. The topological polar surface area (TPSA) is 62.6 Å². The number of anilines is 1. The summed E-state index contributed by atoms with van der Waals surface area (Å²) >= 11 is 0. The number of hydrogen-bond acceptors (Lipinski definition) is 3. The lowest BCUT2D eigenvalue weighted by molar-refractivity contribution is -0.114. The van der Waals surface area contributed by atoms with Crippen LogP contribution in [0.3, 0.4) is 0 Å². The van der Waals surface area contributed by atoms with Crippen LogP contribution in [0.5, 0.6) is 0 Å². The largest absolute Gasteiger partial charge is 0.435 e. The predicted octanol–water partition coefficient (Wildman–Crippen LogP) is 2.51. The average molecular weight is 272 g/mol. The first kappa shape index (κ1) is 13.9. The van der Waals surface area contributed by atoms with Gasteiger partial charge in [-0.15, -0.1) is 0 Å². The molecule has 1 N–H and O–H groups in total. The van der Waals surface area contributed by atoms with Gasteiger partial charge in [0, 0.05) is 26.6 Å². The number of benzene rings is 1. The number of furan rings is 1. The van der Waals surface area contributed by atoms with Crippen molar-refractivity contribution in [3.8, 4) is 0 Å². The summed E-state index contributed by atoms with van der Waals surface area (Å²) in [6.07, 6.45) is 0. The summed E-state index contributed by atoms with van der Waals surface area (Å²) in [5, 5.41) is 2.49. The SMILES string of the molecule is CC(=O)Nc1ccc(C(=O)N(C)Cc2ccccc2)o1. The molecule has 1 aromatic carbocycles. The molecule has 104 valence electrons. The van der Waals surface area contributed by atoms with E-state index in [1.165, 1.54) is 6.92 Å². The number of amides is 2. The van der Waals surface area contributed by atoms with Crippen LogP contribution in [-0.2, 0) is 11.3 Å². The number of rotatable bonds is 4. The quantitative estimate of drug-likeness (QED) is 0.930. The Labute approximate surface area is 117 Å². The Hall–Kier alpha value is -2.56. The van der Waals surface area contributed by atoms with E-state index in [0.29, 0.717) is 6.54 Å². The first-order valence-electron chi connectivity index (χ1n) is 6.23. The highest BCUT2D eigenvalue weighted by Gasteiger charge is 2.16. The van der Waals surface area contributed by atoms with Crippen molar-refractivity contribution in [1.29, 1.82) is 0 Å². The van der Waals surface area contributed by atoms with Gasteiger partial charge in [-0.2, -0.15) is 0 Å². The first-order valence-corrected chi connectivity index (χ1v) is 6.23. The van der Waals surface area contributed by atoms with Crippen LogP contribution in [0.2, 0.25) is 0 Å². The molecule has 0 spiro atoms. The zero-order valence-corrected chi connectivity index (χ0v) is 11.4. The van der Waals surface area contributed by atoms with Crippen LogP contribution >= 0.6 is 0 Å². The maximum atomic E-state index is 12.2. The summed E-state index contributed by atoms with van der Waals surface area (Å²) in [7, 11) is 1.70. The number of carbonyl (C=O) groups excluding carboxylic acids is 2. The van der Waals surface area contributed by atoms with Crippen LogP contribution in [-0.4, -0.2) is 23.8 Å². The third-order valence-corrected chi connectivity index (χ3v) is 2.73. The third kappa shape index (κ3) is 3.47. The minimum Gasteiger partial charge on any atom is -0.435 e. The maximum absolute atomic E-state index is 12.2. The van der Waals surface area contributed by atoms with Gasteiger partial charge in [0.15, 0.2) is 11.6 Å². The fraction of sp³-hybridized carbons (Fsp3) is 0.200. The summed E-state index contributed by atoms with van der Waals surface area (Å²) in [6, 6.07) is 12.8. The van der Waals surface area contributed by atoms with Gasteiger partial charge in [-0.25, -0.2) is 0 Å². The minimum atomic E-state index is -0.240. The number of carbonyl (C=O) groups is 2. The lowest BCUT2D eigenvalue weighted by atomic mass is 10.2. The fourth-order valence-electron chi connectivity index (χ4n) is 1.81. The van der Waals surface area contributed by atoms with E-state index in [9.17, 15) is 9.59 Å². The molecule has 1 heterocycles. The zero-order valence-electron chi connectivity index (χ0n) is 11.4.